The van der Waals surface area contributed by atoms with Crippen molar-refractivity contribution >= 4 is 21.3 Å². The first-order valence-electron chi connectivity index (χ1n) is 10.2. The number of anilines is 2. The summed E-state index contributed by atoms with van der Waals surface area (Å²) in [5.41, 5.74) is 5.83. The maximum atomic E-state index is 13.5. The summed E-state index contributed by atoms with van der Waals surface area (Å²) in [6.45, 7) is 7.74. The van der Waals surface area contributed by atoms with Crippen molar-refractivity contribution in [3.05, 3.63) is 89.6 Å². The first-order valence-corrected chi connectivity index (χ1v) is 11.7. The van der Waals surface area contributed by atoms with Crippen molar-refractivity contribution in [1.29, 1.82) is 0 Å². The summed E-state index contributed by atoms with van der Waals surface area (Å²) in [5.74, 6) is 0.754. The zero-order chi connectivity index (χ0) is 22.9. The topological polar surface area (TPSA) is 84.8 Å². The predicted molar refractivity (Wildman–Crippen MR) is 126 cm³/mol. The fourth-order valence-corrected chi connectivity index (χ4v) is 5.02. The second-order valence-corrected chi connectivity index (χ2v) is 9.72. The van der Waals surface area contributed by atoms with Crippen LogP contribution in [0.15, 0.2) is 76.9 Å². The fraction of sp³-hybridized carbons (Fsp3) is 0.160. The van der Waals surface area contributed by atoms with Gasteiger partial charge in [-0.2, -0.15) is 0 Å². The largest absolute Gasteiger partial charge is 0.339 e. The highest BCUT2D eigenvalue weighted by atomic mass is 32.2. The average Bonchev–Trinajstić information content (AvgIpc) is 2.77. The van der Waals surface area contributed by atoms with Crippen molar-refractivity contribution < 1.29 is 8.42 Å². The van der Waals surface area contributed by atoms with Crippen molar-refractivity contribution in [2.45, 2.75) is 37.5 Å². The van der Waals surface area contributed by atoms with E-state index >= 15 is 0 Å². The quantitative estimate of drug-likeness (QED) is 0.447. The number of hydrogen-bond donors (Lipinski definition) is 1. The second kappa shape index (κ2) is 8.51. The lowest BCUT2D eigenvalue weighted by atomic mass is 10.1. The van der Waals surface area contributed by atoms with Crippen LogP contribution in [0, 0.1) is 27.7 Å². The fourth-order valence-electron chi connectivity index (χ4n) is 3.73. The molecular weight excluding hydrogens is 420 g/mol. The Kier molecular flexibility index (Phi) is 5.76. The Morgan fingerprint density at radius 3 is 2.16 bits per heavy atom. The minimum Gasteiger partial charge on any atom is -0.339 e. The molecular formula is C25H24N4O2S. The van der Waals surface area contributed by atoms with E-state index in [1.54, 1.807) is 43.6 Å². The number of aromatic nitrogens is 3. The van der Waals surface area contributed by atoms with Gasteiger partial charge >= 0.3 is 0 Å². The highest BCUT2D eigenvalue weighted by Crippen LogP contribution is 2.32. The van der Waals surface area contributed by atoms with E-state index in [2.05, 4.69) is 32.4 Å². The zero-order valence-electron chi connectivity index (χ0n) is 18.4. The lowest BCUT2D eigenvalue weighted by Gasteiger charge is -2.16. The lowest BCUT2D eigenvalue weighted by Crippen LogP contribution is -2.10. The van der Waals surface area contributed by atoms with Crippen LogP contribution >= 0.6 is 0 Å². The van der Waals surface area contributed by atoms with Crippen LogP contribution in [0.4, 0.5) is 11.5 Å². The first-order chi connectivity index (χ1) is 15.3. The molecule has 1 N–H and O–H groups in total. The third-order valence-electron chi connectivity index (χ3n) is 5.25. The molecule has 0 amide bonds. The van der Waals surface area contributed by atoms with Crippen LogP contribution < -0.4 is 5.32 Å². The molecule has 4 rings (SSSR count). The van der Waals surface area contributed by atoms with E-state index in [1.807, 2.05) is 32.9 Å². The Morgan fingerprint density at radius 1 is 0.844 bits per heavy atom. The van der Waals surface area contributed by atoms with Gasteiger partial charge in [-0.05, 0) is 68.1 Å². The number of sulfone groups is 1. The molecule has 0 aliphatic carbocycles. The summed E-state index contributed by atoms with van der Waals surface area (Å²) in [4.78, 5) is 12.9. The predicted octanol–water partition coefficient (Wildman–Crippen LogP) is 5.35. The van der Waals surface area contributed by atoms with E-state index in [9.17, 15) is 8.42 Å². The van der Waals surface area contributed by atoms with Crippen LogP contribution in [0.3, 0.4) is 0 Å². The molecule has 2 aromatic carbocycles. The van der Waals surface area contributed by atoms with E-state index in [-0.39, 0.29) is 15.6 Å². The van der Waals surface area contributed by atoms with Crippen molar-refractivity contribution in [2.24, 2.45) is 0 Å². The molecule has 0 radical (unpaired) electrons. The first kappa shape index (κ1) is 21.6. The van der Waals surface area contributed by atoms with Gasteiger partial charge in [0.05, 0.1) is 11.1 Å². The molecule has 2 heterocycles. The molecule has 6 nitrogen and oxygen atoms in total. The summed E-state index contributed by atoms with van der Waals surface area (Å²) >= 11 is 0. The third-order valence-corrected chi connectivity index (χ3v) is 7.02. The SMILES string of the molecule is Cc1cc(C)c(Nc2nc(C)ncc2S(=O)(=O)c2ccc(-c3cccnc3)cc2)c(C)c1. The van der Waals surface area contributed by atoms with Gasteiger partial charge in [0.15, 0.2) is 5.82 Å². The highest BCUT2D eigenvalue weighted by molar-refractivity contribution is 7.91. The van der Waals surface area contributed by atoms with E-state index in [1.165, 1.54) is 6.20 Å². The van der Waals surface area contributed by atoms with Crippen molar-refractivity contribution in [2.75, 3.05) is 5.32 Å². The molecule has 4 aromatic rings. The molecule has 162 valence electrons. The van der Waals surface area contributed by atoms with Crippen LogP contribution in [0.5, 0.6) is 0 Å². The van der Waals surface area contributed by atoms with Crippen molar-refractivity contribution in [1.82, 2.24) is 15.0 Å². The van der Waals surface area contributed by atoms with Crippen LogP contribution in [-0.2, 0) is 9.84 Å². The minimum atomic E-state index is -3.84. The Labute approximate surface area is 188 Å². The van der Waals surface area contributed by atoms with E-state index in [0.717, 1.165) is 33.5 Å². The Hall–Kier alpha value is -3.58. The van der Waals surface area contributed by atoms with Gasteiger partial charge in [-0.1, -0.05) is 35.9 Å². The average molecular weight is 445 g/mol. The number of nitrogens with one attached hydrogen (secondary N) is 1. The van der Waals surface area contributed by atoms with Gasteiger partial charge in [-0.3, -0.25) is 4.98 Å². The molecule has 0 spiro atoms. The van der Waals surface area contributed by atoms with Gasteiger partial charge in [0.2, 0.25) is 9.84 Å². The van der Waals surface area contributed by atoms with Gasteiger partial charge in [-0.15, -0.1) is 0 Å². The molecule has 0 fully saturated rings. The summed E-state index contributed by atoms with van der Waals surface area (Å²) in [6.07, 6.45) is 4.81. The maximum Gasteiger partial charge on any atom is 0.211 e. The van der Waals surface area contributed by atoms with E-state index in [4.69, 9.17) is 0 Å². The summed E-state index contributed by atoms with van der Waals surface area (Å²) in [7, 11) is -3.84. The number of benzene rings is 2. The monoisotopic (exact) mass is 444 g/mol. The normalized spacial score (nSPS) is 11.4. The Bertz CT molecular complexity index is 1360. The molecule has 0 saturated carbocycles. The molecule has 0 aliphatic heterocycles. The molecule has 0 bridgehead atoms. The van der Waals surface area contributed by atoms with Crippen LogP contribution in [0.1, 0.15) is 22.5 Å². The second-order valence-electron chi connectivity index (χ2n) is 7.80. The van der Waals surface area contributed by atoms with Gasteiger partial charge < -0.3 is 5.32 Å². The van der Waals surface area contributed by atoms with Gasteiger partial charge in [0.1, 0.15) is 10.7 Å². The number of rotatable bonds is 5. The number of pyridine rings is 1. The summed E-state index contributed by atoms with van der Waals surface area (Å²) in [5, 5.41) is 3.25. The molecule has 0 saturated heterocycles. The van der Waals surface area contributed by atoms with Crippen molar-refractivity contribution in [3.63, 3.8) is 0 Å². The third kappa shape index (κ3) is 4.24. The minimum absolute atomic E-state index is 0.0385. The number of nitrogens with zero attached hydrogens (tertiary/aromatic N) is 3. The molecule has 0 atom stereocenters. The zero-order valence-corrected chi connectivity index (χ0v) is 19.2. The van der Waals surface area contributed by atoms with Crippen LogP contribution in [0.25, 0.3) is 11.1 Å². The van der Waals surface area contributed by atoms with Crippen LogP contribution in [0.2, 0.25) is 0 Å². The maximum absolute atomic E-state index is 13.5. The smallest absolute Gasteiger partial charge is 0.211 e. The van der Waals surface area contributed by atoms with Gasteiger partial charge in [0.25, 0.3) is 0 Å². The molecule has 0 aliphatic rings. The highest BCUT2D eigenvalue weighted by Gasteiger charge is 2.24. The Morgan fingerprint density at radius 2 is 1.53 bits per heavy atom. The summed E-state index contributed by atoms with van der Waals surface area (Å²) in [6, 6.07) is 14.6. The van der Waals surface area contributed by atoms with E-state index < -0.39 is 9.84 Å². The van der Waals surface area contributed by atoms with E-state index in [0.29, 0.717) is 5.82 Å². The number of hydrogen-bond acceptors (Lipinski definition) is 6. The number of aryl methyl sites for hydroxylation is 4. The summed E-state index contributed by atoms with van der Waals surface area (Å²) < 4.78 is 27.0. The van der Waals surface area contributed by atoms with Gasteiger partial charge in [0, 0.05) is 18.1 Å². The molecule has 32 heavy (non-hydrogen) atoms. The standard InChI is InChI=1S/C25H24N4O2S/c1-16-12-17(2)24(18(3)13-16)29-25-23(15-27-19(4)28-25)32(30,31)22-9-7-20(8-10-22)21-6-5-11-26-14-21/h5-15H,1-4H3,(H,27,28,29). The van der Waals surface area contributed by atoms with Crippen molar-refractivity contribution in [3.8, 4) is 11.1 Å². The molecule has 7 heteroatoms. The van der Waals surface area contributed by atoms with Crippen LogP contribution in [-0.4, -0.2) is 23.4 Å². The molecule has 2 aromatic heterocycles. The van der Waals surface area contributed by atoms with Gasteiger partial charge in [-0.25, -0.2) is 18.4 Å². The molecule has 0 unspecified atom stereocenters. The Balaban J connectivity index is 1.75. The lowest BCUT2D eigenvalue weighted by molar-refractivity contribution is 0.595.